The maximum atomic E-state index is 12.6. The highest BCUT2D eigenvalue weighted by Crippen LogP contribution is 2.24. The van der Waals surface area contributed by atoms with Crippen molar-refractivity contribution in [3.63, 3.8) is 0 Å². The highest BCUT2D eigenvalue weighted by atomic mass is 32.2. The van der Waals surface area contributed by atoms with Crippen molar-refractivity contribution in [2.24, 2.45) is 0 Å². The van der Waals surface area contributed by atoms with Gasteiger partial charge in [-0.2, -0.15) is 0 Å². The third kappa shape index (κ3) is 5.37. The van der Waals surface area contributed by atoms with E-state index in [1.54, 1.807) is 31.4 Å². The Morgan fingerprint density at radius 2 is 1.76 bits per heavy atom. The molecule has 0 atom stereocenters. The molecule has 0 saturated heterocycles. The summed E-state index contributed by atoms with van der Waals surface area (Å²) in [4.78, 5) is 25.0. The molecule has 2 amide bonds. The molecule has 1 aromatic heterocycles. The third-order valence-electron chi connectivity index (χ3n) is 5.27. The normalized spacial score (nSPS) is 10.8. The molecular weight excluding hydrogens is 450 g/mol. The topological polar surface area (TPSA) is 98.1 Å². The number of nitrogens with one attached hydrogen (secondary N) is 2. The first-order valence-electron chi connectivity index (χ1n) is 10.8. The SMILES string of the molecule is CCn1c(CNC(=O)c2ccc(OC)cc2)nnc1SCC(=O)Nc1cccc2ccccc12. The molecule has 1 heterocycles. The minimum Gasteiger partial charge on any atom is -0.497 e. The van der Waals surface area contributed by atoms with E-state index in [0.717, 1.165) is 16.5 Å². The summed E-state index contributed by atoms with van der Waals surface area (Å²) in [6, 6.07) is 20.6. The number of fused-ring (bicyclic) bond motifs is 1. The van der Waals surface area contributed by atoms with Crippen molar-refractivity contribution in [1.82, 2.24) is 20.1 Å². The van der Waals surface area contributed by atoms with Crippen LogP contribution in [0.2, 0.25) is 0 Å². The molecule has 2 N–H and O–H groups in total. The van der Waals surface area contributed by atoms with Gasteiger partial charge in [-0.1, -0.05) is 48.2 Å². The number of benzene rings is 3. The lowest BCUT2D eigenvalue weighted by Gasteiger charge is -2.10. The smallest absolute Gasteiger partial charge is 0.251 e. The van der Waals surface area contributed by atoms with Crippen LogP contribution in [-0.4, -0.2) is 39.4 Å². The molecule has 0 saturated carbocycles. The van der Waals surface area contributed by atoms with Crippen LogP contribution in [0.25, 0.3) is 10.8 Å². The van der Waals surface area contributed by atoms with Crippen molar-refractivity contribution < 1.29 is 14.3 Å². The predicted octanol–water partition coefficient (Wildman–Crippen LogP) is 4.12. The minimum absolute atomic E-state index is 0.124. The van der Waals surface area contributed by atoms with Crippen LogP contribution in [-0.2, 0) is 17.9 Å². The number of carbonyl (C=O) groups is 2. The second-order valence-electron chi connectivity index (χ2n) is 7.42. The average Bonchev–Trinajstić information content (AvgIpc) is 3.28. The van der Waals surface area contributed by atoms with Crippen molar-refractivity contribution in [3.05, 3.63) is 78.1 Å². The molecule has 0 fully saturated rings. The number of thioether (sulfide) groups is 1. The van der Waals surface area contributed by atoms with Gasteiger partial charge in [0.05, 0.1) is 19.4 Å². The number of anilines is 1. The molecule has 0 aliphatic heterocycles. The van der Waals surface area contributed by atoms with E-state index in [0.29, 0.717) is 28.8 Å². The highest BCUT2D eigenvalue weighted by Gasteiger charge is 2.15. The second kappa shape index (κ2) is 10.8. The Morgan fingerprint density at radius 1 is 1.00 bits per heavy atom. The van der Waals surface area contributed by atoms with E-state index in [1.165, 1.54) is 11.8 Å². The van der Waals surface area contributed by atoms with Gasteiger partial charge in [-0.15, -0.1) is 10.2 Å². The summed E-state index contributed by atoms with van der Waals surface area (Å²) < 4.78 is 7.01. The molecule has 0 spiro atoms. The van der Waals surface area contributed by atoms with Crippen molar-refractivity contribution in [2.75, 3.05) is 18.2 Å². The lowest BCUT2D eigenvalue weighted by molar-refractivity contribution is -0.113. The molecule has 0 aliphatic rings. The van der Waals surface area contributed by atoms with Gasteiger partial charge in [-0.3, -0.25) is 9.59 Å². The molecule has 3 aromatic carbocycles. The lowest BCUT2D eigenvalue weighted by atomic mass is 10.1. The molecule has 0 unspecified atom stereocenters. The molecular formula is C25H25N5O3S. The van der Waals surface area contributed by atoms with Crippen LogP contribution in [0.4, 0.5) is 5.69 Å². The van der Waals surface area contributed by atoms with Crippen LogP contribution >= 0.6 is 11.8 Å². The fraction of sp³-hybridized carbons (Fsp3) is 0.200. The Bertz CT molecular complexity index is 1300. The largest absolute Gasteiger partial charge is 0.497 e. The van der Waals surface area contributed by atoms with Gasteiger partial charge < -0.3 is 19.9 Å². The summed E-state index contributed by atoms with van der Waals surface area (Å²) in [5, 5.41) is 17.0. The number of rotatable bonds is 9. The zero-order chi connectivity index (χ0) is 23.9. The first-order valence-corrected chi connectivity index (χ1v) is 11.8. The lowest BCUT2D eigenvalue weighted by Crippen LogP contribution is -2.24. The molecule has 174 valence electrons. The van der Waals surface area contributed by atoms with Crippen LogP contribution in [0.5, 0.6) is 5.75 Å². The van der Waals surface area contributed by atoms with Crippen LogP contribution in [0.15, 0.2) is 71.9 Å². The summed E-state index contributed by atoms with van der Waals surface area (Å²) in [6.45, 7) is 2.82. The number of nitrogens with zero attached hydrogens (tertiary/aromatic N) is 3. The number of amides is 2. The Morgan fingerprint density at radius 3 is 2.53 bits per heavy atom. The molecule has 0 radical (unpaired) electrons. The van der Waals surface area contributed by atoms with Gasteiger partial charge in [0.25, 0.3) is 5.91 Å². The molecule has 9 heteroatoms. The second-order valence-corrected chi connectivity index (χ2v) is 8.36. The number of hydrogen-bond acceptors (Lipinski definition) is 6. The Labute approximate surface area is 201 Å². The maximum Gasteiger partial charge on any atom is 0.251 e. The Hall–Kier alpha value is -3.85. The van der Waals surface area contributed by atoms with Crippen molar-refractivity contribution >= 4 is 40.0 Å². The van der Waals surface area contributed by atoms with Crippen LogP contribution in [0.1, 0.15) is 23.1 Å². The maximum absolute atomic E-state index is 12.6. The third-order valence-corrected chi connectivity index (χ3v) is 6.23. The summed E-state index contributed by atoms with van der Waals surface area (Å²) in [5.74, 6) is 1.17. The number of hydrogen-bond donors (Lipinski definition) is 2. The Balaban J connectivity index is 1.35. The fourth-order valence-corrected chi connectivity index (χ4v) is 4.35. The monoisotopic (exact) mass is 475 g/mol. The number of carbonyl (C=O) groups excluding carboxylic acids is 2. The number of methoxy groups -OCH3 is 1. The summed E-state index contributed by atoms with van der Waals surface area (Å²) in [5.41, 5.74) is 1.31. The highest BCUT2D eigenvalue weighted by molar-refractivity contribution is 7.99. The predicted molar refractivity (Wildman–Crippen MR) is 133 cm³/mol. The zero-order valence-corrected chi connectivity index (χ0v) is 19.8. The number of aromatic nitrogens is 3. The van der Waals surface area contributed by atoms with E-state index >= 15 is 0 Å². The summed E-state index contributed by atoms with van der Waals surface area (Å²) in [7, 11) is 1.58. The van der Waals surface area contributed by atoms with Crippen molar-refractivity contribution in [2.45, 2.75) is 25.2 Å². The van der Waals surface area contributed by atoms with Crippen LogP contribution < -0.4 is 15.4 Å². The van der Waals surface area contributed by atoms with Gasteiger partial charge in [-0.25, -0.2) is 0 Å². The fourth-order valence-electron chi connectivity index (χ4n) is 3.53. The first-order chi connectivity index (χ1) is 16.6. The minimum atomic E-state index is -0.211. The van der Waals surface area contributed by atoms with E-state index < -0.39 is 0 Å². The first kappa shape index (κ1) is 23.3. The number of ether oxygens (including phenoxy) is 1. The summed E-state index contributed by atoms with van der Waals surface area (Å²) >= 11 is 1.31. The van der Waals surface area contributed by atoms with Crippen molar-refractivity contribution in [1.29, 1.82) is 0 Å². The van der Waals surface area contributed by atoms with Gasteiger partial charge in [-0.05, 0) is 42.6 Å². The van der Waals surface area contributed by atoms with Crippen LogP contribution in [0.3, 0.4) is 0 Å². The van der Waals surface area contributed by atoms with Gasteiger partial charge in [0.2, 0.25) is 5.91 Å². The molecule has 0 aliphatic carbocycles. The molecule has 34 heavy (non-hydrogen) atoms. The van der Waals surface area contributed by atoms with E-state index in [4.69, 9.17) is 4.74 Å². The van der Waals surface area contributed by atoms with E-state index in [9.17, 15) is 9.59 Å². The van der Waals surface area contributed by atoms with Gasteiger partial charge in [0.1, 0.15) is 5.75 Å². The quantitative estimate of drug-likeness (QED) is 0.354. The molecule has 8 nitrogen and oxygen atoms in total. The van der Waals surface area contributed by atoms with Gasteiger partial charge in [0.15, 0.2) is 11.0 Å². The molecule has 4 rings (SSSR count). The van der Waals surface area contributed by atoms with E-state index in [-0.39, 0.29) is 24.1 Å². The molecule has 0 bridgehead atoms. The molecule has 4 aromatic rings. The van der Waals surface area contributed by atoms with E-state index in [2.05, 4.69) is 20.8 Å². The zero-order valence-electron chi connectivity index (χ0n) is 18.9. The summed E-state index contributed by atoms with van der Waals surface area (Å²) in [6.07, 6.45) is 0. The average molecular weight is 476 g/mol. The van der Waals surface area contributed by atoms with Gasteiger partial charge in [0, 0.05) is 23.2 Å². The van der Waals surface area contributed by atoms with Crippen molar-refractivity contribution in [3.8, 4) is 5.75 Å². The standard InChI is InChI=1S/C25H25N5O3S/c1-3-30-22(15-26-24(32)18-11-13-19(33-2)14-12-18)28-29-25(30)34-16-23(31)27-21-10-6-8-17-7-4-5-9-20(17)21/h4-14H,3,15-16H2,1-2H3,(H,26,32)(H,27,31). The van der Waals surface area contributed by atoms with Gasteiger partial charge >= 0.3 is 0 Å². The van der Waals surface area contributed by atoms with E-state index in [1.807, 2.05) is 54.0 Å². The van der Waals surface area contributed by atoms with Crippen LogP contribution in [0, 0.1) is 0 Å². The Kier molecular flexibility index (Phi) is 7.44.